The third-order valence-corrected chi connectivity index (χ3v) is 4.01. The second-order valence-corrected chi connectivity index (χ2v) is 7.27. The fourth-order valence-electron chi connectivity index (χ4n) is 2.00. The number of nitrogens with two attached hydrogens (primary N) is 1. The molecular formula is C17H20N2O3S. The van der Waals surface area contributed by atoms with E-state index in [1.165, 1.54) is 11.3 Å². The first-order valence-corrected chi connectivity index (χ1v) is 7.98. The van der Waals surface area contributed by atoms with Gasteiger partial charge in [0.15, 0.2) is 0 Å². The van der Waals surface area contributed by atoms with E-state index < -0.39 is 17.6 Å². The SMILES string of the molecule is Cc1cccc(-c2cc(C(N)=O)c(NC(=O)OC(C)(C)C)s2)c1. The molecular weight excluding hydrogens is 312 g/mol. The lowest BCUT2D eigenvalue weighted by Crippen LogP contribution is -2.27. The van der Waals surface area contributed by atoms with Crippen molar-refractivity contribution in [3.63, 3.8) is 0 Å². The predicted molar refractivity (Wildman–Crippen MR) is 92.9 cm³/mol. The molecule has 0 saturated carbocycles. The van der Waals surface area contributed by atoms with E-state index in [4.69, 9.17) is 10.5 Å². The van der Waals surface area contributed by atoms with Gasteiger partial charge in [0.05, 0.1) is 5.56 Å². The molecule has 5 nitrogen and oxygen atoms in total. The second kappa shape index (κ2) is 6.42. The third-order valence-electron chi connectivity index (χ3n) is 2.91. The Hall–Kier alpha value is -2.34. The summed E-state index contributed by atoms with van der Waals surface area (Å²) in [4.78, 5) is 24.4. The van der Waals surface area contributed by atoms with E-state index >= 15 is 0 Å². The van der Waals surface area contributed by atoms with Crippen molar-refractivity contribution in [1.82, 2.24) is 0 Å². The molecule has 2 amide bonds. The predicted octanol–water partition coefficient (Wildman–Crippen LogP) is 4.17. The molecule has 0 aliphatic heterocycles. The Kier molecular flexibility index (Phi) is 4.75. The van der Waals surface area contributed by atoms with Crippen LogP contribution in [0.3, 0.4) is 0 Å². The van der Waals surface area contributed by atoms with E-state index in [0.29, 0.717) is 5.00 Å². The van der Waals surface area contributed by atoms with Crippen molar-refractivity contribution >= 4 is 28.3 Å². The van der Waals surface area contributed by atoms with Gasteiger partial charge >= 0.3 is 6.09 Å². The Morgan fingerprint density at radius 3 is 2.48 bits per heavy atom. The van der Waals surface area contributed by atoms with E-state index in [1.54, 1.807) is 26.8 Å². The maximum Gasteiger partial charge on any atom is 0.412 e. The van der Waals surface area contributed by atoms with Crippen molar-refractivity contribution in [3.05, 3.63) is 41.5 Å². The molecule has 0 aliphatic carbocycles. The quantitative estimate of drug-likeness (QED) is 0.885. The first-order valence-electron chi connectivity index (χ1n) is 7.16. The Morgan fingerprint density at radius 1 is 1.22 bits per heavy atom. The summed E-state index contributed by atoms with van der Waals surface area (Å²) >= 11 is 1.29. The molecule has 0 spiro atoms. The van der Waals surface area contributed by atoms with Crippen LogP contribution in [0.2, 0.25) is 0 Å². The number of aryl methyl sites for hydroxylation is 1. The summed E-state index contributed by atoms with van der Waals surface area (Å²) in [6.45, 7) is 7.31. The highest BCUT2D eigenvalue weighted by Gasteiger charge is 2.21. The molecule has 1 aromatic carbocycles. The summed E-state index contributed by atoms with van der Waals surface area (Å²) in [5.41, 5.74) is 7.15. The molecule has 0 bridgehead atoms. The van der Waals surface area contributed by atoms with Crippen molar-refractivity contribution in [2.75, 3.05) is 5.32 Å². The zero-order chi connectivity index (χ0) is 17.2. The van der Waals surface area contributed by atoms with Gasteiger partial charge in [-0.2, -0.15) is 0 Å². The van der Waals surface area contributed by atoms with Gasteiger partial charge in [0, 0.05) is 4.88 Å². The smallest absolute Gasteiger partial charge is 0.412 e. The number of amides is 2. The van der Waals surface area contributed by atoms with Crippen molar-refractivity contribution in [2.45, 2.75) is 33.3 Å². The zero-order valence-electron chi connectivity index (χ0n) is 13.6. The molecule has 0 radical (unpaired) electrons. The molecule has 2 rings (SSSR count). The van der Waals surface area contributed by atoms with Crippen molar-refractivity contribution in [2.24, 2.45) is 5.73 Å². The number of carbonyl (C=O) groups is 2. The summed E-state index contributed by atoms with van der Waals surface area (Å²) in [5, 5.41) is 3.00. The Labute approximate surface area is 139 Å². The molecule has 0 saturated heterocycles. The number of hydrogen-bond donors (Lipinski definition) is 2. The number of primary amides is 1. The number of hydrogen-bond acceptors (Lipinski definition) is 4. The molecule has 1 aromatic heterocycles. The number of anilines is 1. The Bertz CT molecular complexity index is 745. The van der Waals surface area contributed by atoms with Crippen LogP contribution in [0.15, 0.2) is 30.3 Å². The lowest BCUT2D eigenvalue weighted by atomic mass is 10.1. The molecule has 0 unspecified atom stereocenters. The van der Waals surface area contributed by atoms with E-state index in [-0.39, 0.29) is 5.56 Å². The summed E-state index contributed by atoms with van der Waals surface area (Å²) in [5.74, 6) is -0.591. The minimum absolute atomic E-state index is 0.275. The van der Waals surface area contributed by atoms with Gasteiger partial charge in [-0.15, -0.1) is 11.3 Å². The lowest BCUT2D eigenvalue weighted by molar-refractivity contribution is 0.0636. The van der Waals surface area contributed by atoms with Crippen molar-refractivity contribution in [3.8, 4) is 10.4 Å². The summed E-state index contributed by atoms with van der Waals surface area (Å²) in [6.07, 6.45) is -0.613. The highest BCUT2D eigenvalue weighted by molar-refractivity contribution is 7.20. The molecule has 2 aromatic rings. The monoisotopic (exact) mass is 332 g/mol. The third kappa shape index (κ3) is 4.56. The maximum absolute atomic E-state index is 11.9. The first-order chi connectivity index (χ1) is 10.7. The molecule has 23 heavy (non-hydrogen) atoms. The topological polar surface area (TPSA) is 81.4 Å². The fraction of sp³-hybridized carbons (Fsp3) is 0.294. The second-order valence-electron chi connectivity index (χ2n) is 6.21. The maximum atomic E-state index is 11.9. The molecule has 6 heteroatoms. The minimum Gasteiger partial charge on any atom is -0.444 e. The summed E-state index contributed by atoms with van der Waals surface area (Å²) in [6, 6.07) is 9.57. The Balaban J connectivity index is 2.32. The Morgan fingerprint density at radius 2 is 1.91 bits per heavy atom. The van der Waals surface area contributed by atoms with Gasteiger partial charge in [0.2, 0.25) is 0 Å². The van der Waals surface area contributed by atoms with Gasteiger partial charge in [-0.05, 0) is 39.3 Å². The molecule has 1 heterocycles. The number of ether oxygens (including phenoxy) is 1. The average molecular weight is 332 g/mol. The van der Waals surface area contributed by atoms with E-state index in [9.17, 15) is 9.59 Å². The van der Waals surface area contributed by atoms with Gasteiger partial charge in [-0.1, -0.05) is 29.8 Å². The zero-order valence-corrected chi connectivity index (χ0v) is 14.4. The highest BCUT2D eigenvalue weighted by Crippen LogP contribution is 2.35. The van der Waals surface area contributed by atoms with Crippen molar-refractivity contribution in [1.29, 1.82) is 0 Å². The van der Waals surface area contributed by atoms with Crippen LogP contribution < -0.4 is 11.1 Å². The highest BCUT2D eigenvalue weighted by atomic mass is 32.1. The van der Waals surface area contributed by atoms with Crippen LogP contribution in [0.1, 0.15) is 36.7 Å². The van der Waals surface area contributed by atoms with E-state index in [2.05, 4.69) is 5.32 Å². The van der Waals surface area contributed by atoms with Gasteiger partial charge in [-0.3, -0.25) is 10.1 Å². The van der Waals surface area contributed by atoms with Crippen LogP contribution in [0.4, 0.5) is 9.80 Å². The molecule has 0 fully saturated rings. The number of nitrogens with one attached hydrogen (secondary N) is 1. The first kappa shape index (κ1) is 17.0. The number of benzene rings is 1. The largest absolute Gasteiger partial charge is 0.444 e. The van der Waals surface area contributed by atoms with E-state index in [1.807, 2.05) is 31.2 Å². The van der Waals surface area contributed by atoms with Gasteiger partial charge in [0.25, 0.3) is 5.91 Å². The van der Waals surface area contributed by atoms with Gasteiger partial charge in [0.1, 0.15) is 10.6 Å². The number of rotatable bonds is 3. The van der Waals surface area contributed by atoms with Crippen LogP contribution in [0.25, 0.3) is 10.4 Å². The minimum atomic E-state index is -0.617. The van der Waals surface area contributed by atoms with E-state index in [0.717, 1.165) is 16.0 Å². The summed E-state index contributed by atoms with van der Waals surface area (Å²) < 4.78 is 5.21. The van der Waals surface area contributed by atoms with Gasteiger partial charge in [-0.25, -0.2) is 4.79 Å². The van der Waals surface area contributed by atoms with Crippen LogP contribution >= 0.6 is 11.3 Å². The molecule has 0 atom stereocenters. The lowest BCUT2D eigenvalue weighted by Gasteiger charge is -2.19. The normalized spacial score (nSPS) is 11.1. The van der Waals surface area contributed by atoms with Crippen LogP contribution in [0, 0.1) is 6.92 Å². The summed E-state index contributed by atoms with van der Waals surface area (Å²) in [7, 11) is 0. The van der Waals surface area contributed by atoms with Crippen LogP contribution in [-0.2, 0) is 4.74 Å². The number of carbonyl (C=O) groups excluding carboxylic acids is 2. The number of thiophene rings is 1. The standard InChI is InChI=1S/C17H20N2O3S/c1-10-6-5-7-11(8-10)13-9-12(14(18)20)15(23-13)19-16(21)22-17(2,3)4/h5-9H,1-4H3,(H2,18,20)(H,19,21). The molecule has 122 valence electrons. The van der Waals surface area contributed by atoms with Gasteiger partial charge < -0.3 is 10.5 Å². The van der Waals surface area contributed by atoms with Crippen LogP contribution in [0.5, 0.6) is 0 Å². The average Bonchev–Trinajstić information content (AvgIpc) is 2.80. The van der Waals surface area contributed by atoms with Crippen LogP contribution in [-0.4, -0.2) is 17.6 Å². The molecule has 3 N–H and O–H groups in total. The van der Waals surface area contributed by atoms with Crippen molar-refractivity contribution < 1.29 is 14.3 Å². The molecule has 0 aliphatic rings. The fourth-order valence-corrected chi connectivity index (χ4v) is 3.05.